The predicted octanol–water partition coefficient (Wildman–Crippen LogP) is -0.0113. The molecule has 0 amide bonds. The average Bonchev–Trinajstić information content (AvgIpc) is 2.38. The monoisotopic (exact) mass is 233 g/mol. The maximum atomic E-state index is 10.0. The third-order valence-corrected chi connectivity index (χ3v) is 2.59. The summed E-state index contributed by atoms with van der Waals surface area (Å²) >= 11 is 0. The van der Waals surface area contributed by atoms with Crippen LogP contribution in [-0.4, -0.2) is 47.0 Å². The molecule has 96 valence electrons. The Bertz CT molecular complexity index is 229. The summed E-state index contributed by atoms with van der Waals surface area (Å²) < 4.78 is 11.0. The van der Waals surface area contributed by atoms with Crippen molar-refractivity contribution in [3.05, 3.63) is 0 Å². The summed E-state index contributed by atoms with van der Waals surface area (Å²) in [5.74, 6) is 0. The highest BCUT2D eigenvalue weighted by molar-refractivity contribution is 4.97. The lowest BCUT2D eigenvalue weighted by molar-refractivity contribution is -0.185. The first-order valence-corrected chi connectivity index (χ1v) is 5.68. The van der Waals surface area contributed by atoms with Crippen LogP contribution in [0.15, 0.2) is 0 Å². The molecule has 5 heteroatoms. The number of nitrogens with two attached hydrogens (primary N) is 1. The lowest BCUT2D eigenvalue weighted by Crippen LogP contribution is -2.55. The summed E-state index contributed by atoms with van der Waals surface area (Å²) in [4.78, 5) is 0. The van der Waals surface area contributed by atoms with Gasteiger partial charge < -0.3 is 25.4 Å². The zero-order chi connectivity index (χ0) is 12.4. The van der Waals surface area contributed by atoms with E-state index in [9.17, 15) is 5.11 Å². The van der Waals surface area contributed by atoms with Crippen LogP contribution in [0.2, 0.25) is 0 Å². The summed E-state index contributed by atoms with van der Waals surface area (Å²) in [5, 5.41) is 18.7. The van der Waals surface area contributed by atoms with E-state index in [4.69, 9.17) is 20.3 Å². The van der Waals surface area contributed by atoms with Crippen LogP contribution in [-0.2, 0) is 9.47 Å². The molecule has 1 unspecified atom stereocenters. The Kier molecular flexibility index (Phi) is 4.31. The summed E-state index contributed by atoms with van der Waals surface area (Å²) in [7, 11) is 0. The Morgan fingerprint density at radius 1 is 1.44 bits per heavy atom. The summed E-state index contributed by atoms with van der Waals surface area (Å²) in [5.41, 5.74) is 4.59. The maximum Gasteiger partial charge on any atom is 0.146 e. The molecular weight excluding hydrogens is 210 g/mol. The first-order chi connectivity index (χ1) is 7.28. The molecule has 1 fully saturated rings. The van der Waals surface area contributed by atoms with Crippen molar-refractivity contribution in [2.24, 2.45) is 5.73 Å². The second-order valence-electron chi connectivity index (χ2n) is 5.29. The van der Waals surface area contributed by atoms with Crippen LogP contribution in [0.4, 0.5) is 0 Å². The standard InChI is InChI=1S/C11H23NO4/c1-10(2,3)16-11(12)5-4-8(9(11)14)15-7-6-13/h8-9,13-14H,4-7,12H2,1-3H3/t8?,9-,11+/m1/s1. The zero-order valence-electron chi connectivity index (χ0n) is 10.3. The van der Waals surface area contributed by atoms with E-state index in [1.807, 2.05) is 20.8 Å². The fraction of sp³-hybridized carbons (Fsp3) is 1.00. The van der Waals surface area contributed by atoms with Crippen LogP contribution in [0.5, 0.6) is 0 Å². The van der Waals surface area contributed by atoms with E-state index in [-0.39, 0.29) is 19.3 Å². The van der Waals surface area contributed by atoms with Crippen molar-refractivity contribution in [1.29, 1.82) is 0 Å². The van der Waals surface area contributed by atoms with Crippen molar-refractivity contribution in [3.63, 3.8) is 0 Å². The average molecular weight is 233 g/mol. The zero-order valence-corrected chi connectivity index (χ0v) is 10.3. The quantitative estimate of drug-likeness (QED) is 0.595. The van der Waals surface area contributed by atoms with Gasteiger partial charge in [-0.25, -0.2) is 0 Å². The highest BCUT2D eigenvalue weighted by atomic mass is 16.6. The predicted molar refractivity (Wildman–Crippen MR) is 59.8 cm³/mol. The van der Waals surface area contributed by atoms with E-state index >= 15 is 0 Å². The van der Waals surface area contributed by atoms with Crippen molar-refractivity contribution in [2.45, 2.75) is 57.1 Å². The molecule has 1 aliphatic rings. The lowest BCUT2D eigenvalue weighted by atomic mass is 10.1. The number of rotatable bonds is 4. The van der Waals surface area contributed by atoms with E-state index in [1.165, 1.54) is 0 Å². The number of hydrogen-bond donors (Lipinski definition) is 3. The summed E-state index contributed by atoms with van der Waals surface area (Å²) in [6.45, 7) is 5.86. The topological polar surface area (TPSA) is 84.9 Å². The molecule has 0 heterocycles. The fourth-order valence-corrected chi connectivity index (χ4v) is 2.05. The van der Waals surface area contributed by atoms with Gasteiger partial charge in [0, 0.05) is 0 Å². The Balaban J connectivity index is 2.57. The normalized spacial score (nSPS) is 35.6. The number of hydrogen-bond acceptors (Lipinski definition) is 5. The van der Waals surface area contributed by atoms with Crippen molar-refractivity contribution in [2.75, 3.05) is 13.2 Å². The van der Waals surface area contributed by atoms with Crippen molar-refractivity contribution in [3.8, 4) is 0 Å². The second-order valence-corrected chi connectivity index (χ2v) is 5.29. The molecule has 1 saturated carbocycles. The minimum Gasteiger partial charge on any atom is -0.394 e. The molecule has 0 bridgehead atoms. The van der Waals surface area contributed by atoms with Gasteiger partial charge in [0.1, 0.15) is 11.8 Å². The molecule has 0 aromatic heterocycles. The van der Waals surface area contributed by atoms with Crippen LogP contribution >= 0.6 is 0 Å². The molecule has 0 aromatic rings. The van der Waals surface area contributed by atoms with E-state index in [1.54, 1.807) is 0 Å². The third-order valence-electron chi connectivity index (χ3n) is 2.59. The SMILES string of the molecule is CC(C)(C)O[C@@]1(N)CCC(OCCO)[C@H]1O. The lowest BCUT2D eigenvalue weighted by Gasteiger charge is -2.36. The van der Waals surface area contributed by atoms with Gasteiger partial charge in [0.2, 0.25) is 0 Å². The van der Waals surface area contributed by atoms with Crippen molar-refractivity contribution < 1.29 is 19.7 Å². The number of ether oxygens (including phenoxy) is 2. The minimum atomic E-state index is -1.04. The van der Waals surface area contributed by atoms with Crippen LogP contribution in [0.25, 0.3) is 0 Å². The fourth-order valence-electron chi connectivity index (χ4n) is 2.05. The van der Waals surface area contributed by atoms with E-state index in [0.29, 0.717) is 12.8 Å². The largest absolute Gasteiger partial charge is 0.394 e. The van der Waals surface area contributed by atoms with Crippen LogP contribution < -0.4 is 5.73 Å². The Morgan fingerprint density at radius 3 is 2.56 bits per heavy atom. The molecule has 0 saturated heterocycles. The van der Waals surface area contributed by atoms with Crippen molar-refractivity contribution >= 4 is 0 Å². The molecular formula is C11H23NO4. The van der Waals surface area contributed by atoms with E-state index in [2.05, 4.69) is 0 Å². The number of aliphatic hydroxyl groups is 2. The molecule has 1 rings (SSSR count). The van der Waals surface area contributed by atoms with Gasteiger partial charge in [0.15, 0.2) is 0 Å². The van der Waals surface area contributed by atoms with E-state index in [0.717, 1.165) is 0 Å². The smallest absolute Gasteiger partial charge is 0.146 e. The molecule has 0 aliphatic heterocycles. The van der Waals surface area contributed by atoms with E-state index < -0.39 is 17.4 Å². The Labute approximate surface area is 96.5 Å². The highest BCUT2D eigenvalue weighted by Crippen LogP contribution is 2.34. The molecule has 0 spiro atoms. The molecule has 4 N–H and O–H groups in total. The van der Waals surface area contributed by atoms with Gasteiger partial charge >= 0.3 is 0 Å². The molecule has 0 aromatic carbocycles. The number of aliphatic hydroxyl groups excluding tert-OH is 2. The first kappa shape index (κ1) is 13.9. The van der Waals surface area contributed by atoms with Crippen LogP contribution in [0, 0.1) is 0 Å². The Morgan fingerprint density at radius 2 is 2.06 bits per heavy atom. The van der Waals surface area contributed by atoms with Gasteiger partial charge in [-0.2, -0.15) is 0 Å². The van der Waals surface area contributed by atoms with Gasteiger partial charge in [-0.1, -0.05) is 0 Å². The third kappa shape index (κ3) is 3.40. The molecule has 16 heavy (non-hydrogen) atoms. The molecule has 5 nitrogen and oxygen atoms in total. The van der Waals surface area contributed by atoms with Gasteiger partial charge in [-0.3, -0.25) is 0 Å². The van der Waals surface area contributed by atoms with Gasteiger partial charge in [0.05, 0.1) is 24.9 Å². The summed E-state index contributed by atoms with van der Waals surface area (Å²) in [6, 6.07) is 0. The summed E-state index contributed by atoms with van der Waals surface area (Å²) in [6.07, 6.45) is 0.00714. The molecule has 3 atom stereocenters. The van der Waals surface area contributed by atoms with Crippen LogP contribution in [0.1, 0.15) is 33.6 Å². The first-order valence-electron chi connectivity index (χ1n) is 5.68. The second kappa shape index (κ2) is 4.98. The molecule has 0 radical (unpaired) electrons. The maximum absolute atomic E-state index is 10.0. The van der Waals surface area contributed by atoms with Gasteiger partial charge in [0.25, 0.3) is 0 Å². The van der Waals surface area contributed by atoms with Gasteiger partial charge in [-0.05, 0) is 33.6 Å². The van der Waals surface area contributed by atoms with Gasteiger partial charge in [-0.15, -0.1) is 0 Å². The minimum absolute atomic E-state index is 0.0546. The van der Waals surface area contributed by atoms with Crippen molar-refractivity contribution in [1.82, 2.24) is 0 Å². The Hall–Kier alpha value is -0.200. The highest BCUT2D eigenvalue weighted by Gasteiger charge is 2.48. The molecule has 1 aliphatic carbocycles. The van der Waals surface area contributed by atoms with Crippen LogP contribution in [0.3, 0.4) is 0 Å².